The molecule has 1 fully saturated rings. The van der Waals surface area contributed by atoms with Crippen molar-refractivity contribution in [2.75, 3.05) is 0 Å². The average Bonchev–Trinajstić information content (AvgIpc) is 2.39. The summed E-state index contributed by atoms with van der Waals surface area (Å²) in [6, 6.07) is 9.12. The van der Waals surface area contributed by atoms with Gasteiger partial charge in [-0.1, -0.05) is 49.6 Å². The van der Waals surface area contributed by atoms with Crippen LogP contribution in [0.5, 0.6) is 0 Å². The number of carbonyl (C=O) groups is 1. The van der Waals surface area contributed by atoms with Crippen LogP contribution >= 0.6 is 0 Å². The molecule has 2 N–H and O–H groups in total. The maximum absolute atomic E-state index is 11.5. The smallest absolute Gasteiger partial charge is 0.312 e. The number of benzene rings is 1. The van der Waals surface area contributed by atoms with Crippen molar-refractivity contribution in [3.63, 3.8) is 0 Å². The highest BCUT2D eigenvalue weighted by Gasteiger charge is 2.46. The molecular formula is C14H18O3. The van der Waals surface area contributed by atoms with Crippen LogP contribution in [0.1, 0.15) is 43.8 Å². The third kappa shape index (κ3) is 2.20. The number of carboxylic acids is 1. The summed E-state index contributed by atoms with van der Waals surface area (Å²) in [6.07, 6.45) is 3.07. The van der Waals surface area contributed by atoms with Crippen LogP contribution in [-0.2, 0) is 4.79 Å². The van der Waals surface area contributed by atoms with Crippen LogP contribution in [0, 0.1) is 5.41 Å². The van der Waals surface area contributed by atoms with E-state index in [4.69, 9.17) is 0 Å². The number of rotatable bonds is 3. The zero-order chi connectivity index (χ0) is 12.3. The number of aliphatic carboxylic acids is 1. The Balaban J connectivity index is 2.30. The van der Waals surface area contributed by atoms with Crippen molar-refractivity contribution in [1.82, 2.24) is 0 Å². The van der Waals surface area contributed by atoms with Crippen LogP contribution in [0.2, 0.25) is 0 Å². The molecule has 1 atom stereocenters. The first-order valence-corrected chi connectivity index (χ1v) is 6.13. The molecule has 0 radical (unpaired) electrons. The zero-order valence-electron chi connectivity index (χ0n) is 9.80. The molecule has 1 saturated carbocycles. The second kappa shape index (κ2) is 4.88. The van der Waals surface area contributed by atoms with Gasteiger partial charge in [0.2, 0.25) is 0 Å². The van der Waals surface area contributed by atoms with E-state index >= 15 is 0 Å². The van der Waals surface area contributed by atoms with E-state index in [0.29, 0.717) is 18.4 Å². The molecule has 3 nitrogen and oxygen atoms in total. The molecule has 0 aromatic heterocycles. The van der Waals surface area contributed by atoms with Gasteiger partial charge in [-0.05, 0) is 18.4 Å². The Morgan fingerprint density at radius 3 is 2.24 bits per heavy atom. The Labute approximate surface area is 101 Å². The maximum Gasteiger partial charge on any atom is 0.312 e. The largest absolute Gasteiger partial charge is 0.481 e. The van der Waals surface area contributed by atoms with E-state index in [1.54, 1.807) is 12.1 Å². The standard InChI is InChI=1S/C14H18O3/c15-12(11-7-3-1-4-8-11)14(13(16)17)9-5-2-6-10-14/h1,3-4,7-8,12,15H,2,5-6,9-10H2,(H,16,17). The summed E-state index contributed by atoms with van der Waals surface area (Å²) in [5, 5.41) is 19.8. The van der Waals surface area contributed by atoms with Gasteiger partial charge in [0.15, 0.2) is 0 Å². The summed E-state index contributed by atoms with van der Waals surface area (Å²) < 4.78 is 0. The minimum Gasteiger partial charge on any atom is -0.481 e. The summed E-state index contributed by atoms with van der Waals surface area (Å²) >= 11 is 0. The van der Waals surface area contributed by atoms with Crippen LogP contribution in [0.3, 0.4) is 0 Å². The molecule has 1 aromatic carbocycles. The maximum atomic E-state index is 11.5. The first-order chi connectivity index (χ1) is 8.17. The van der Waals surface area contributed by atoms with Crippen molar-refractivity contribution in [2.45, 2.75) is 38.2 Å². The molecule has 1 aliphatic rings. The third-order valence-electron chi connectivity index (χ3n) is 3.81. The minimum absolute atomic E-state index is 0.568. The van der Waals surface area contributed by atoms with E-state index in [0.717, 1.165) is 19.3 Å². The van der Waals surface area contributed by atoms with Gasteiger partial charge in [0.25, 0.3) is 0 Å². The molecule has 0 bridgehead atoms. The van der Waals surface area contributed by atoms with Crippen molar-refractivity contribution in [3.05, 3.63) is 35.9 Å². The average molecular weight is 234 g/mol. The fraction of sp³-hybridized carbons (Fsp3) is 0.500. The molecule has 1 unspecified atom stereocenters. The Kier molecular flexibility index (Phi) is 3.48. The van der Waals surface area contributed by atoms with Crippen molar-refractivity contribution in [3.8, 4) is 0 Å². The lowest BCUT2D eigenvalue weighted by molar-refractivity contribution is -0.160. The third-order valence-corrected chi connectivity index (χ3v) is 3.81. The summed E-state index contributed by atoms with van der Waals surface area (Å²) in [6.45, 7) is 0. The highest BCUT2D eigenvalue weighted by molar-refractivity contribution is 5.76. The fourth-order valence-electron chi connectivity index (χ4n) is 2.74. The second-order valence-corrected chi connectivity index (χ2v) is 4.84. The molecule has 0 amide bonds. The molecule has 0 spiro atoms. The molecule has 2 rings (SSSR count). The molecule has 3 heteroatoms. The minimum atomic E-state index is -0.987. The molecule has 0 saturated heterocycles. The predicted octanol–water partition coefficient (Wildman–Crippen LogP) is 2.76. The summed E-state index contributed by atoms with van der Waals surface area (Å²) in [5.74, 6) is -0.867. The monoisotopic (exact) mass is 234 g/mol. The van der Waals surface area contributed by atoms with Gasteiger partial charge in [-0.25, -0.2) is 0 Å². The second-order valence-electron chi connectivity index (χ2n) is 4.84. The highest BCUT2D eigenvalue weighted by Crippen LogP contribution is 2.46. The van der Waals surface area contributed by atoms with E-state index in [-0.39, 0.29) is 0 Å². The Morgan fingerprint density at radius 2 is 1.71 bits per heavy atom. The predicted molar refractivity (Wildman–Crippen MR) is 64.6 cm³/mol. The first-order valence-electron chi connectivity index (χ1n) is 6.13. The van der Waals surface area contributed by atoms with Crippen molar-refractivity contribution >= 4 is 5.97 Å². The quantitative estimate of drug-likeness (QED) is 0.845. The van der Waals surface area contributed by atoms with Crippen molar-refractivity contribution < 1.29 is 15.0 Å². The van der Waals surface area contributed by atoms with Gasteiger partial charge in [0, 0.05) is 0 Å². The molecule has 17 heavy (non-hydrogen) atoms. The van der Waals surface area contributed by atoms with Gasteiger partial charge < -0.3 is 10.2 Å². The molecule has 92 valence electrons. The molecule has 0 aliphatic heterocycles. The molecule has 1 aromatic rings. The van der Waals surface area contributed by atoms with E-state index in [9.17, 15) is 15.0 Å². The normalized spacial score (nSPS) is 20.8. The van der Waals surface area contributed by atoms with E-state index < -0.39 is 17.5 Å². The fourth-order valence-corrected chi connectivity index (χ4v) is 2.74. The number of carboxylic acid groups (broad SMARTS) is 1. The van der Waals surface area contributed by atoms with E-state index in [1.807, 2.05) is 18.2 Å². The number of aliphatic hydroxyl groups is 1. The summed E-state index contributed by atoms with van der Waals surface area (Å²) in [5.41, 5.74) is -0.281. The zero-order valence-corrected chi connectivity index (χ0v) is 9.80. The lowest BCUT2D eigenvalue weighted by Gasteiger charge is -2.37. The van der Waals surface area contributed by atoms with Gasteiger partial charge >= 0.3 is 5.97 Å². The van der Waals surface area contributed by atoms with Crippen LogP contribution in [-0.4, -0.2) is 16.2 Å². The Morgan fingerprint density at radius 1 is 1.12 bits per heavy atom. The Bertz CT molecular complexity index is 380. The highest BCUT2D eigenvalue weighted by atomic mass is 16.4. The van der Waals surface area contributed by atoms with Gasteiger partial charge in [-0.2, -0.15) is 0 Å². The number of hydrogen-bond acceptors (Lipinski definition) is 2. The van der Waals surface area contributed by atoms with Crippen LogP contribution in [0.4, 0.5) is 0 Å². The van der Waals surface area contributed by atoms with Crippen LogP contribution in [0.25, 0.3) is 0 Å². The molecule has 1 aliphatic carbocycles. The van der Waals surface area contributed by atoms with E-state index in [1.165, 1.54) is 0 Å². The molecular weight excluding hydrogens is 216 g/mol. The summed E-state index contributed by atoms with van der Waals surface area (Å²) in [4.78, 5) is 11.5. The lowest BCUT2D eigenvalue weighted by atomic mass is 9.68. The van der Waals surface area contributed by atoms with Gasteiger partial charge in [-0.3, -0.25) is 4.79 Å². The summed E-state index contributed by atoms with van der Waals surface area (Å²) in [7, 11) is 0. The topological polar surface area (TPSA) is 57.5 Å². The Hall–Kier alpha value is -1.35. The molecule has 0 heterocycles. The number of aliphatic hydroxyl groups excluding tert-OH is 1. The van der Waals surface area contributed by atoms with Crippen molar-refractivity contribution in [2.24, 2.45) is 5.41 Å². The van der Waals surface area contributed by atoms with E-state index in [2.05, 4.69) is 0 Å². The van der Waals surface area contributed by atoms with Gasteiger partial charge in [0.1, 0.15) is 0 Å². The first kappa shape index (κ1) is 12.1. The SMILES string of the molecule is O=C(O)C1(C(O)c2ccccc2)CCCCC1. The van der Waals surface area contributed by atoms with Crippen LogP contribution in [0.15, 0.2) is 30.3 Å². The van der Waals surface area contributed by atoms with Crippen molar-refractivity contribution in [1.29, 1.82) is 0 Å². The lowest BCUT2D eigenvalue weighted by Crippen LogP contribution is -2.39. The van der Waals surface area contributed by atoms with Gasteiger partial charge in [-0.15, -0.1) is 0 Å². The number of hydrogen-bond donors (Lipinski definition) is 2. The van der Waals surface area contributed by atoms with Gasteiger partial charge in [0.05, 0.1) is 11.5 Å². The van der Waals surface area contributed by atoms with Crippen LogP contribution < -0.4 is 0 Å².